The summed E-state index contributed by atoms with van der Waals surface area (Å²) in [7, 11) is 1.55. The van der Waals surface area contributed by atoms with Crippen LogP contribution in [-0.2, 0) is 16.0 Å². The predicted octanol–water partition coefficient (Wildman–Crippen LogP) is 3.68. The third kappa shape index (κ3) is 4.59. The van der Waals surface area contributed by atoms with Crippen LogP contribution in [0.2, 0.25) is 5.02 Å². The van der Waals surface area contributed by atoms with Gasteiger partial charge in [-0.15, -0.1) is 0 Å². The van der Waals surface area contributed by atoms with Gasteiger partial charge in [-0.05, 0) is 36.6 Å². The summed E-state index contributed by atoms with van der Waals surface area (Å²) in [5.74, 6) is 0.333. The molecule has 0 unspecified atom stereocenters. The summed E-state index contributed by atoms with van der Waals surface area (Å²) in [5.41, 5.74) is 3.14. The third-order valence-electron chi connectivity index (χ3n) is 4.62. The first-order chi connectivity index (χ1) is 12.2. The molecule has 2 aromatic rings. The molecule has 25 heavy (non-hydrogen) atoms. The van der Waals surface area contributed by atoms with E-state index in [2.05, 4.69) is 6.07 Å². The molecule has 1 aliphatic rings. The Hall–Kier alpha value is -1.91. The number of carbonyl (C=O) groups excluding carboxylic acids is 1. The van der Waals surface area contributed by atoms with Crippen molar-refractivity contribution in [1.82, 2.24) is 9.88 Å². The van der Waals surface area contributed by atoms with Gasteiger partial charge in [0, 0.05) is 48.9 Å². The fraction of sp³-hybridized carbons (Fsp3) is 0.400. The minimum atomic E-state index is 0.0550. The van der Waals surface area contributed by atoms with Crippen LogP contribution in [0.3, 0.4) is 0 Å². The summed E-state index contributed by atoms with van der Waals surface area (Å²) in [4.78, 5) is 18.8. The number of rotatable bonds is 5. The van der Waals surface area contributed by atoms with E-state index in [1.807, 2.05) is 41.3 Å². The Kier molecular flexibility index (Phi) is 6.05. The van der Waals surface area contributed by atoms with Crippen molar-refractivity contribution in [2.45, 2.75) is 25.2 Å². The molecule has 2 heterocycles. The number of aromatic nitrogens is 1. The van der Waals surface area contributed by atoms with Crippen LogP contribution in [0, 0.1) is 0 Å². The van der Waals surface area contributed by atoms with Crippen molar-refractivity contribution in [2.75, 3.05) is 26.8 Å². The highest BCUT2D eigenvalue weighted by Crippen LogP contribution is 2.26. The van der Waals surface area contributed by atoms with Gasteiger partial charge in [0.25, 0.3) is 0 Å². The molecule has 1 aromatic heterocycles. The van der Waals surface area contributed by atoms with Gasteiger partial charge in [-0.1, -0.05) is 35.9 Å². The summed E-state index contributed by atoms with van der Waals surface area (Å²) in [6.45, 7) is 1.66. The highest BCUT2D eigenvalue weighted by molar-refractivity contribution is 6.31. The summed E-state index contributed by atoms with van der Waals surface area (Å²) in [6.07, 6.45) is 2.77. The molecule has 0 bridgehead atoms. The van der Waals surface area contributed by atoms with Gasteiger partial charge in [0.15, 0.2) is 0 Å². The average Bonchev–Trinajstić information content (AvgIpc) is 2.64. The van der Waals surface area contributed by atoms with E-state index < -0.39 is 0 Å². The summed E-state index contributed by atoms with van der Waals surface area (Å²) in [5, 5.41) is 0.767. The van der Waals surface area contributed by atoms with Gasteiger partial charge >= 0.3 is 0 Å². The molecule has 5 heteroatoms. The molecule has 3 rings (SSSR count). The second-order valence-electron chi connectivity index (χ2n) is 6.43. The Labute approximate surface area is 153 Å². The number of carbonyl (C=O) groups is 1. The summed E-state index contributed by atoms with van der Waals surface area (Å²) >= 11 is 6.26. The number of methoxy groups -OCH3 is 1. The first-order valence-corrected chi connectivity index (χ1v) is 9.01. The number of hydrogen-bond acceptors (Lipinski definition) is 3. The molecule has 1 aliphatic heterocycles. The van der Waals surface area contributed by atoms with Gasteiger partial charge in [-0.25, -0.2) is 0 Å². The molecule has 1 saturated heterocycles. The maximum Gasteiger partial charge on any atom is 0.248 e. The minimum absolute atomic E-state index is 0.0550. The van der Waals surface area contributed by atoms with E-state index in [1.165, 1.54) is 0 Å². The molecular formula is C20H23ClN2O2. The van der Waals surface area contributed by atoms with Gasteiger partial charge < -0.3 is 9.64 Å². The molecule has 0 N–H and O–H groups in total. The number of halogens is 1. The molecule has 0 aliphatic carbocycles. The Morgan fingerprint density at radius 3 is 2.92 bits per heavy atom. The molecule has 0 saturated carbocycles. The van der Waals surface area contributed by atoms with Crippen LogP contribution in [0.15, 0.2) is 42.5 Å². The number of hydrogen-bond donors (Lipinski definition) is 0. The molecule has 4 nitrogen and oxygen atoms in total. The van der Waals surface area contributed by atoms with Gasteiger partial charge in [0.05, 0.1) is 0 Å². The minimum Gasteiger partial charge on any atom is -0.375 e. The van der Waals surface area contributed by atoms with E-state index in [9.17, 15) is 4.79 Å². The number of piperidine rings is 1. The van der Waals surface area contributed by atoms with Crippen molar-refractivity contribution in [3.63, 3.8) is 0 Å². The summed E-state index contributed by atoms with van der Waals surface area (Å²) in [6, 6.07) is 14.0. The lowest BCUT2D eigenvalue weighted by Gasteiger charge is -2.32. The number of amides is 1. The van der Waals surface area contributed by atoms with Crippen LogP contribution in [0.5, 0.6) is 0 Å². The predicted molar refractivity (Wildman–Crippen MR) is 98.9 cm³/mol. The molecule has 132 valence electrons. The number of likely N-dealkylation sites (tertiary alicyclic amines) is 1. The van der Waals surface area contributed by atoms with Crippen molar-refractivity contribution >= 4 is 17.5 Å². The SMILES string of the molecule is COCC(=O)N1CCC[C@@H](c2cccc(Cc3ccccc3Cl)n2)C1. The maximum atomic E-state index is 12.1. The Morgan fingerprint density at radius 2 is 2.12 bits per heavy atom. The second-order valence-corrected chi connectivity index (χ2v) is 6.84. The lowest BCUT2D eigenvalue weighted by atomic mass is 9.94. The van der Waals surface area contributed by atoms with Crippen LogP contribution in [0.1, 0.15) is 35.7 Å². The van der Waals surface area contributed by atoms with Crippen LogP contribution in [0.4, 0.5) is 0 Å². The van der Waals surface area contributed by atoms with Gasteiger partial charge in [-0.2, -0.15) is 0 Å². The van der Waals surface area contributed by atoms with E-state index in [0.717, 1.165) is 41.4 Å². The van der Waals surface area contributed by atoms with Crippen molar-refractivity contribution in [3.8, 4) is 0 Å². The largest absolute Gasteiger partial charge is 0.375 e. The van der Waals surface area contributed by atoms with E-state index in [1.54, 1.807) is 7.11 Å². The highest BCUT2D eigenvalue weighted by atomic mass is 35.5. The Bertz CT molecular complexity index is 735. The quantitative estimate of drug-likeness (QED) is 0.818. The van der Waals surface area contributed by atoms with Gasteiger partial charge in [-0.3, -0.25) is 9.78 Å². The normalized spacial score (nSPS) is 17.5. The fourth-order valence-electron chi connectivity index (χ4n) is 3.32. The number of pyridine rings is 1. The molecule has 1 aromatic carbocycles. The van der Waals surface area contributed by atoms with E-state index in [4.69, 9.17) is 21.3 Å². The number of nitrogens with zero attached hydrogens (tertiary/aromatic N) is 2. The molecule has 1 fully saturated rings. The first kappa shape index (κ1) is 17.9. The fourth-order valence-corrected chi connectivity index (χ4v) is 3.52. The number of benzene rings is 1. The maximum absolute atomic E-state index is 12.1. The van der Waals surface area contributed by atoms with E-state index >= 15 is 0 Å². The zero-order chi connectivity index (χ0) is 17.6. The van der Waals surface area contributed by atoms with Crippen molar-refractivity contribution < 1.29 is 9.53 Å². The molecule has 0 spiro atoms. The summed E-state index contributed by atoms with van der Waals surface area (Å²) < 4.78 is 4.98. The standard InChI is InChI=1S/C20H23ClN2O2/c1-25-14-20(24)23-11-5-7-16(13-23)19-10-4-8-17(22-19)12-15-6-2-3-9-18(15)21/h2-4,6,8-10,16H,5,7,11-14H2,1H3/t16-/m1/s1. The molecule has 1 amide bonds. The van der Waals surface area contributed by atoms with Gasteiger partial charge in [0.1, 0.15) is 6.61 Å². The topological polar surface area (TPSA) is 42.4 Å². The van der Waals surface area contributed by atoms with Crippen LogP contribution >= 0.6 is 11.6 Å². The van der Waals surface area contributed by atoms with Crippen LogP contribution < -0.4 is 0 Å². The Balaban J connectivity index is 1.72. The first-order valence-electron chi connectivity index (χ1n) is 8.63. The monoisotopic (exact) mass is 358 g/mol. The second kappa shape index (κ2) is 8.45. The van der Waals surface area contributed by atoms with Crippen LogP contribution in [-0.4, -0.2) is 42.6 Å². The van der Waals surface area contributed by atoms with Crippen molar-refractivity contribution in [3.05, 3.63) is 64.4 Å². The van der Waals surface area contributed by atoms with E-state index in [0.29, 0.717) is 13.0 Å². The average molecular weight is 359 g/mol. The van der Waals surface area contributed by atoms with Crippen molar-refractivity contribution in [1.29, 1.82) is 0 Å². The van der Waals surface area contributed by atoms with Crippen LogP contribution in [0.25, 0.3) is 0 Å². The third-order valence-corrected chi connectivity index (χ3v) is 4.99. The Morgan fingerprint density at radius 1 is 1.28 bits per heavy atom. The van der Waals surface area contributed by atoms with E-state index in [-0.39, 0.29) is 18.4 Å². The molecular weight excluding hydrogens is 336 g/mol. The van der Waals surface area contributed by atoms with Gasteiger partial charge in [0.2, 0.25) is 5.91 Å². The zero-order valence-electron chi connectivity index (χ0n) is 14.5. The lowest BCUT2D eigenvalue weighted by molar-refractivity contribution is -0.136. The lowest BCUT2D eigenvalue weighted by Crippen LogP contribution is -2.41. The molecule has 0 radical (unpaired) electrons. The van der Waals surface area contributed by atoms with Crippen molar-refractivity contribution in [2.24, 2.45) is 0 Å². The molecule has 1 atom stereocenters. The number of ether oxygens (including phenoxy) is 1. The zero-order valence-corrected chi connectivity index (χ0v) is 15.2. The highest BCUT2D eigenvalue weighted by Gasteiger charge is 2.25. The smallest absolute Gasteiger partial charge is 0.248 e.